The van der Waals surface area contributed by atoms with Crippen LogP contribution >= 0.6 is 0 Å². The van der Waals surface area contributed by atoms with Gasteiger partial charge in [0, 0.05) is 24.2 Å². The minimum absolute atomic E-state index is 0.124. The number of carbonyl (C=O) groups is 1. The average Bonchev–Trinajstić information content (AvgIpc) is 3.22. The van der Waals surface area contributed by atoms with Gasteiger partial charge in [-0.1, -0.05) is 42.5 Å². The minimum atomic E-state index is -0.756. The monoisotopic (exact) mass is 390 g/mol. The van der Waals surface area contributed by atoms with E-state index in [9.17, 15) is 25.0 Å². The number of hydrogen-bond acceptors (Lipinski definition) is 6. The molecule has 9 nitrogen and oxygen atoms in total. The van der Waals surface area contributed by atoms with Crippen molar-refractivity contribution in [3.63, 3.8) is 0 Å². The molecular formula is C20H14N4O5. The quantitative estimate of drug-likeness (QED) is 0.498. The number of nitrogens with zero attached hydrogens (tertiary/aromatic N) is 4. The fourth-order valence-electron chi connectivity index (χ4n) is 3.38. The van der Waals surface area contributed by atoms with Crippen LogP contribution in [0.4, 0.5) is 11.4 Å². The van der Waals surface area contributed by atoms with Crippen LogP contribution in [0.5, 0.6) is 0 Å². The van der Waals surface area contributed by atoms with Crippen LogP contribution in [-0.2, 0) is 0 Å². The van der Waals surface area contributed by atoms with E-state index in [1.54, 1.807) is 0 Å². The largest absolute Gasteiger partial charge is 0.291 e. The highest BCUT2D eigenvalue weighted by Crippen LogP contribution is 2.27. The third kappa shape index (κ3) is 3.29. The zero-order valence-corrected chi connectivity index (χ0v) is 15.0. The summed E-state index contributed by atoms with van der Waals surface area (Å²) in [5, 5.41) is 24.2. The van der Waals surface area contributed by atoms with E-state index in [2.05, 4.69) is 4.99 Å². The number of carbonyl (C=O) groups excluding carboxylic acids is 1. The summed E-state index contributed by atoms with van der Waals surface area (Å²) in [4.78, 5) is 39.7. The molecule has 144 valence electrons. The summed E-state index contributed by atoms with van der Waals surface area (Å²) in [5.41, 5.74) is -0.384. The van der Waals surface area contributed by atoms with E-state index >= 15 is 0 Å². The zero-order chi connectivity index (χ0) is 20.5. The number of nitro groups is 2. The lowest BCUT2D eigenvalue weighted by molar-refractivity contribution is -0.394. The highest BCUT2D eigenvalue weighted by Gasteiger charge is 2.29. The molecule has 0 saturated heterocycles. The number of amidine groups is 1. The highest BCUT2D eigenvalue weighted by molar-refractivity contribution is 6.18. The number of amides is 1. The molecule has 0 atom stereocenters. The molecule has 0 saturated carbocycles. The normalized spacial score (nSPS) is 13.4. The first kappa shape index (κ1) is 18.2. The van der Waals surface area contributed by atoms with Gasteiger partial charge in [0.15, 0.2) is 0 Å². The first-order valence-corrected chi connectivity index (χ1v) is 8.74. The minimum Gasteiger partial charge on any atom is -0.291 e. The van der Waals surface area contributed by atoms with Crippen molar-refractivity contribution >= 4 is 33.9 Å². The molecular weight excluding hydrogens is 376 g/mol. The van der Waals surface area contributed by atoms with E-state index in [0.717, 1.165) is 34.5 Å². The predicted molar refractivity (Wildman–Crippen MR) is 106 cm³/mol. The lowest BCUT2D eigenvalue weighted by Crippen LogP contribution is -2.35. The smallest absolute Gasteiger partial charge is 0.277 e. The van der Waals surface area contributed by atoms with Crippen LogP contribution in [0.15, 0.2) is 65.7 Å². The molecule has 0 spiro atoms. The summed E-state index contributed by atoms with van der Waals surface area (Å²) in [6.07, 6.45) is 0. The summed E-state index contributed by atoms with van der Waals surface area (Å²) in [6, 6.07) is 16.3. The summed E-state index contributed by atoms with van der Waals surface area (Å²) in [5.74, 6) is -0.123. The Morgan fingerprint density at radius 1 is 0.931 bits per heavy atom. The number of fused-ring (bicyclic) bond motifs is 1. The summed E-state index contributed by atoms with van der Waals surface area (Å²) >= 11 is 0. The number of nitro benzene ring substituents is 2. The standard InChI is InChI=1S/C20H14N4O5/c25-20(14-10-15(23(26)27)12-16(11-14)24(28)29)22-9-8-21-19(22)18-7-3-5-13-4-1-2-6-17(13)18/h1-7,10-12H,8-9H2. The molecule has 29 heavy (non-hydrogen) atoms. The number of benzene rings is 3. The molecule has 0 N–H and O–H groups in total. The number of non-ortho nitro benzene ring substituents is 2. The van der Waals surface area contributed by atoms with Crippen molar-refractivity contribution < 1.29 is 14.6 Å². The van der Waals surface area contributed by atoms with Crippen LogP contribution in [0.1, 0.15) is 15.9 Å². The van der Waals surface area contributed by atoms with Crippen LogP contribution in [0.25, 0.3) is 10.8 Å². The summed E-state index contributed by atoms with van der Waals surface area (Å²) < 4.78 is 0. The van der Waals surface area contributed by atoms with Crippen LogP contribution in [0, 0.1) is 20.2 Å². The second-order valence-electron chi connectivity index (χ2n) is 6.44. The first-order valence-electron chi connectivity index (χ1n) is 8.74. The molecule has 3 aromatic carbocycles. The van der Waals surface area contributed by atoms with Crippen LogP contribution in [-0.4, -0.2) is 39.6 Å². The Balaban J connectivity index is 1.77. The van der Waals surface area contributed by atoms with Crippen molar-refractivity contribution in [2.24, 2.45) is 4.99 Å². The maximum absolute atomic E-state index is 13.1. The first-order chi connectivity index (χ1) is 14.0. The third-order valence-corrected chi connectivity index (χ3v) is 4.69. The molecule has 9 heteroatoms. The molecule has 4 rings (SSSR count). The van der Waals surface area contributed by atoms with E-state index in [1.807, 2.05) is 42.5 Å². The maximum Gasteiger partial charge on any atom is 0.277 e. The molecule has 1 heterocycles. The fourth-order valence-corrected chi connectivity index (χ4v) is 3.38. The van der Waals surface area contributed by atoms with Gasteiger partial charge < -0.3 is 0 Å². The van der Waals surface area contributed by atoms with Gasteiger partial charge in [0.2, 0.25) is 0 Å². The van der Waals surface area contributed by atoms with Crippen molar-refractivity contribution in [2.45, 2.75) is 0 Å². The van der Waals surface area contributed by atoms with Crippen molar-refractivity contribution in [3.05, 3.63) is 92.0 Å². The number of rotatable bonds is 4. The van der Waals surface area contributed by atoms with Crippen LogP contribution in [0.3, 0.4) is 0 Å². The second kappa shape index (κ2) is 7.12. The molecule has 1 aliphatic heterocycles. The van der Waals surface area contributed by atoms with Gasteiger partial charge in [0.05, 0.1) is 28.0 Å². The highest BCUT2D eigenvalue weighted by atomic mass is 16.6. The molecule has 0 unspecified atom stereocenters. The molecule has 1 amide bonds. The van der Waals surface area contributed by atoms with E-state index < -0.39 is 27.1 Å². The zero-order valence-electron chi connectivity index (χ0n) is 15.0. The van der Waals surface area contributed by atoms with E-state index in [1.165, 1.54) is 4.90 Å². The molecule has 0 radical (unpaired) electrons. The van der Waals surface area contributed by atoms with E-state index in [4.69, 9.17) is 0 Å². The van der Waals surface area contributed by atoms with E-state index in [-0.39, 0.29) is 12.1 Å². The lowest BCUT2D eigenvalue weighted by Gasteiger charge is -2.19. The van der Waals surface area contributed by atoms with Crippen molar-refractivity contribution in [3.8, 4) is 0 Å². The van der Waals surface area contributed by atoms with Gasteiger partial charge in [-0.05, 0) is 10.8 Å². The maximum atomic E-state index is 13.1. The molecule has 0 aliphatic carbocycles. The Bertz CT molecular complexity index is 1170. The third-order valence-electron chi connectivity index (χ3n) is 4.69. The fraction of sp³-hybridized carbons (Fsp3) is 0.100. The predicted octanol–water partition coefficient (Wildman–Crippen LogP) is 3.56. The second-order valence-corrected chi connectivity index (χ2v) is 6.44. The van der Waals surface area contributed by atoms with Crippen LogP contribution < -0.4 is 0 Å². The topological polar surface area (TPSA) is 119 Å². The van der Waals surface area contributed by atoms with Gasteiger partial charge in [-0.15, -0.1) is 0 Å². The summed E-state index contributed by atoms with van der Waals surface area (Å²) in [6.45, 7) is 0.662. The molecule has 0 bridgehead atoms. The lowest BCUT2D eigenvalue weighted by atomic mass is 10.0. The molecule has 1 aliphatic rings. The van der Waals surface area contributed by atoms with Crippen LogP contribution in [0.2, 0.25) is 0 Å². The van der Waals surface area contributed by atoms with Crippen molar-refractivity contribution in [2.75, 3.05) is 13.1 Å². The van der Waals surface area contributed by atoms with Gasteiger partial charge in [0.1, 0.15) is 5.84 Å². The van der Waals surface area contributed by atoms with Crippen molar-refractivity contribution in [1.29, 1.82) is 0 Å². The Labute approximate surface area is 164 Å². The molecule has 3 aromatic rings. The van der Waals surface area contributed by atoms with Gasteiger partial charge in [0.25, 0.3) is 17.3 Å². The van der Waals surface area contributed by atoms with Gasteiger partial charge in [-0.2, -0.15) is 0 Å². The molecule has 0 aromatic heterocycles. The van der Waals surface area contributed by atoms with Gasteiger partial charge in [-0.25, -0.2) is 0 Å². The number of hydrogen-bond donors (Lipinski definition) is 0. The Morgan fingerprint density at radius 2 is 1.59 bits per heavy atom. The SMILES string of the molecule is O=C(c1cc([N+](=O)[O-])cc([N+](=O)[O-])c1)N1CCN=C1c1cccc2ccccc12. The Morgan fingerprint density at radius 3 is 2.28 bits per heavy atom. The van der Waals surface area contributed by atoms with Gasteiger partial charge >= 0.3 is 0 Å². The summed E-state index contributed by atoms with van der Waals surface area (Å²) in [7, 11) is 0. The van der Waals surface area contributed by atoms with E-state index in [0.29, 0.717) is 12.4 Å². The average molecular weight is 390 g/mol. The molecule has 0 fully saturated rings. The Kier molecular flexibility index (Phi) is 4.47. The number of aliphatic imine (C=N–C) groups is 1. The van der Waals surface area contributed by atoms with Gasteiger partial charge in [-0.3, -0.25) is 34.9 Å². The van der Waals surface area contributed by atoms with Crippen molar-refractivity contribution in [1.82, 2.24) is 4.90 Å². The Hall–Kier alpha value is -4.14.